The van der Waals surface area contributed by atoms with Crippen LogP contribution in [0.25, 0.3) is 17.1 Å². The van der Waals surface area contributed by atoms with Crippen LogP contribution < -0.4 is 5.32 Å². The van der Waals surface area contributed by atoms with E-state index < -0.39 is 0 Å². The Kier molecular flexibility index (Phi) is 6.75. The third-order valence-electron chi connectivity index (χ3n) is 4.39. The molecule has 0 spiro atoms. The number of carbonyl (C=O) groups is 1. The Hall–Kier alpha value is -2.31. The Bertz CT molecular complexity index is 969. The van der Waals surface area contributed by atoms with Gasteiger partial charge in [0.1, 0.15) is 0 Å². The van der Waals surface area contributed by atoms with Gasteiger partial charge in [-0.05, 0) is 67.8 Å². The fourth-order valence-electron chi connectivity index (χ4n) is 2.69. The number of aryl methyl sites for hydroxylation is 2. The molecule has 1 heterocycles. The maximum absolute atomic E-state index is 12.0. The first kappa shape index (κ1) is 20.4. The van der Waals surface area contributed by atoms with Crippen LogP contribution in [0.2, 0.25) is 5.02 Å². The number of nitrogens with one attached hydrogen (secondary N) is 1. The molecule has 0 saturated heterocycles. The summed E-state index contributed by atoms with van der Waals surface area (Å²) in [5, 5.41) is 13.0. The van der Waals surface area contributed by atoms with Gasteiger partial charge in [0, 0.05) is 17.1 Å². The van der Waals surface area contributed by atoms with Gasteiger partial charge in [0.05, 0.1) is 11.4 Å². The van der Waals surface area contributed by atoms with Crippen LogP contribution in [0.4, 0.5) is 0 Å². The Labute approximate surface area is 174 Å². The highest BCUT2D eigenvalue weighted by atomic mass is 35.5. The van der Waals surface area contributed by atoms with E-state index in [1.165, 1.54) is 22.9 Å². The molecular weight excluding hydrogens is 392 g/mol. The average Bonchev–Trinajstić information content (AvgIpc) is 3.11. The van der Waals surface area contributed by atoms with Crippen molar-refractivity contribution in [3.05, 3.63) is 58.6 Å². The Morgan fingerprint density at radius 3 is 2.54 bits per heavy atom. The molecule has 3 aromatic rings. The van der Waals surface area contributed by atoms with Crippen LogP contribution in [0.5, 0.6) is 0 Å². The van der Waals surface area contributed by atoms with Crippen molar-refractivity contribution in [2.24, 2.45) is 0 Å². The van der Waals surface area contributed by atoms with E-state index in [2.05, 4.69) is 41.5 Å². The molecular formula is C21H23ClN4OS. The number of rotatable bonds is 7. The van der Waals surface area contributed by atoms with Crippen molar-refractivity contribution in [2.45, 2.75) is 32.3 Å². The van der Waals surface area contributed by atoms with Gasteiger partial charge in [0.15, 0.2) is 11.0 Å². The number of benzene rings is 2. The molecule has 0 atom stereocenters. The van der Waals surface area contributed by atoms with E-state index in [9.17, 15) is 4.79 Å². The molecule has 0 aliphatic carbocycles. The summed E-state index contributed by atoms with van der Waals surface area (Å²) < 4.78 is 1.99. The van der Waals surface area contributed by atoms with Gasteiger partial charge < -0.3 is 5.32 Å². The highest BCUT2D eigenvalue weighted by Crippen LogP contribution is 2.29. The normalized spacial score (nSPS) is 10.9. The smallest absolute Gasteiger partial charge is 0.230 e. The van der Waals surface area contributed by atoms with Crippen LogP contribution in [0.3, 0.4) is 0 Å². The molecule has 5 nitrogen and oxygen atoms in total. The molecule has 0 unspecified atom stereocenters. The first-order valence-electron chi connectivity index (χ1n) is 9.18. The van der Waals surface area contributed by atoms with Crippen LogP contribution in [0, 0.1) is 13.8 Å². The summed E-state index contributed by atoms with van der Waals surface area (Å²) in [6.45, 7) is 6.87. The van der Waals surface area contributed by atoms with E-state index in [-0.39, 0.29) is 5.91 Å². The summed E-state index contributed by atoms with van der Waals surface area (Å²) in [5.41, 5.74) is 4.29. The van der Waals surface area contributed by atoms with Crippen molar-refractivity contribution in [3.63, 3.8) is 0 Å². The zero-order chi connectivity index (χ0) is 20.1. The molecule has 146 valence electrons. The van der Waals surface area contributed by atoms with Gasteiger partial charge >= 0.3 is 0 Å². The third kappa shape index (κ3) is 4.75. The number of carbonyl (C=O) groups excluding carboxylic acids is 1. The highest BCUT2D eigenvalue weighted by molar-refractivity contribution is 7.99. The lowest BCUT2D eigenvalue weighted by Gasteiger charge is -2.12. The second-order valence-corrected chi connectivity index (χ2v) is 7.93. The third-order valence-corrected chi connectivity index (χ3v) is 5.57. The molecule has 1 aromatic heterocycles. The largest absolute Gasteiger partial charge is 0.355 e. The summed E-state index contributed by atoms with van der Waals surface area (Å²) in [6, 6.07) is 13.8. The zero-order valence-electron chi connectivity index (χ0n) is 16.2. The summed E-state index contributed by atoms with van der Waals surface area (Å²) in [6.07, 6.45) is 0.913. The maximum atomic E-state index is 12.0. The number of hydrogen-bond acceptors (Lipinski definition) is 4. The molecule has 1 N–H and O–H groups in total. The lowest BCUT2D eigenvalue weighted by molar-refractivity contribution is -0.118. The average molecular weight is 415 g/mol. The van der Waals surface area contributed by atoms with Gasteiger partial charge in [0.2, 0.25) is 5.91 Å². The van der Waals surface area contributed by atoms with Crippen molar-refractivity contribution in [1.29, 1.82) is 0 Å². The van der Waals surface area contributed by atoms with Crippen LogP contribution in [-0.2, 0) is 4.79 Å². The Balaban J connectivity index is 1.98. The summed E-state index contributed by atoms with van der Waals surface area (Å²) in [4.78, 5) is 12.0. The standard InChI is InChI=1S/C21H23ClN4OS/c1-4-11-23-19(27)13-28-21-25-24-20(16-6-8-17(22)9-7-16)26(21)18-10-5-14(2)15(3)12-18/h5-10,12H,4,11,13H2,1-3H3,(H,23,27). The minimum atomic E-state index is -0.00507. The number of amides is 1. The molecule has 3 rings (SSSR count). The monoisotopic (exact) mass is 414 g/mol. The SMILES string of the molecule is CCCNC(=O)CSc1nnc(-c2ccc(Cl)cc2)n1-c1ccc(C)c(C)c1. The van der Waals surface area contributed by atoms with Crippen molar-refractivity contribution in [3.8, 4) is 17.1 Å². The van der Waals surface area contributed by atoms with E-state index in [1.807, 2.05) is 41.8 Å². The van der Waals surface area contributed by atoms with E-state index in [0.717, 1.165) is 23.5 Å². The lowest BCUT2D eigenvalue weighted by Crippen LogP contribution is -2.25. The maximum Gasteiger partial charge on any atom is 0.230 e. The minimum Gasteiger partial charge on any atom is -0.355 e. The predicted molar refractivity (Wildman–Crippen MR) is 115 cm³/mol. The molecule has 0 aliphatic heterocycles. The van der Waals surface area contributed by atoms with Gasteiger partial charge in [-0.2, -0.15) is 0 Å². The molecule has 0 saturated carbocycles. The number of halogens is 1. The summed E-state index contributed by atoms with van der Waals surface area (Å²) in [7, 11) is 0. The summed E-state index contributed by atoms with van der Waals surface area (Å²) >= 11 is 7.41. The second-order valence-electron chi connectivity index (χ2n) is 6.56. The van der Waals surface area contributed by atoms with Crippen molar-refractivity contribution in [2.75, 3.05) is 12.3 Å². The Morgan fingerprint density at radius 2 is 1.86 bits per heavy atom. The fourth-order valence-corrected chi connectivity index (χ4v) is 3.60. The molecule has 7 heteroatoms. The quantitative estimate of drug-likeness (QED) is 0.563. The molecule has 0 fully saturated rings. The molecule has 28 heavy (non-hydrogen) atoms. The van der Waals surface area contributed by atoms with Gasteiger partial charge in [-0.1, -0.05) is 36.4 Å². The fraction of sp³-hybridized carbons (Fsp3) is 0.286. The second kappa shape index (κ2) is 9.26. The lowest BCUT2D eigenvalue weighted by atomic mass is 10.1. The number of hydrogen-bond donors (Lipinski definition) is 1. The molecule has 2 aromatic carbocycles. The van der Waals surface area contributed by atoms with Crippen molar-refractivity contribution in [1.82, 2.24) is 20.1 Å². The molecule has 1 amide bonds. The first-order valence-corrected chi connectivity index (χ1v) is 10.5. The number of aromatic nitrogens is 3. The van der Waals surface area contributed by atoms with Crippen LogP contribution in [-0.4, -0.2) is 33.0 Å². The molecule has 0 aliphatic rings. The number of thioether (sulfide) groups is 1. The van der Waals surface area contributed by atoms with Gasteiger partial charge in [-0.25, -0.2) is 0 Å². The first-order chi connectivity index (χ1) is 13.5. The summed E-state index contributed by atoms with van der Waals surface area (Å²) in [5.74, 6) is 1.01. The van der Waals surface area contributed by atoms with Crippen molar-refractivity contribution < 1.29 is 4.79 Å². The van der Waals surface area contributed by atoms with E-state index in [0.29, 0.717) is 22.5 Å². The minimum absolute atomic E-state index is 0.00507. The van der Waals surface area contributed by atoms with Gasteiger partial charge in [-0.3, -0.25) is 9.36 Å². The molecule has 0 bridgehead atoms. The van der Waals surface area contributed by atoms with Gasteiger partial charge in [-0.15, -0.1) is 10.2 Å². The zero-order valence-corrected chi connectivity index (χ0v) is 17.8. The molecule has 0 radical (unpaired) electrons. The number of nitrogens with zero attached hydrogens (tertiary/aromatic N) is 3. The van der Waals surface area contributed by atoms with E-state index >= 15 is 0 Å². The van der Waals surface area contributed by atoms with Crippen LogP contribution in [0.1, 0.15) is 24.5 Å². The van der Waals surface area contributed by atoms with Crippen LogP contribution >= 0.6 is 23.4 Å². The van der Waals surface area contributed by atoms with Crippen LogP contribution in [0.15, 0.2) is 47.6 Å². The van der Waals surface area contributed by atoms with E-state index in [1.54, 1.807) is 0 Å². The van der Waals surface area contributed by atoms with Crippen molar-refractivity contribution >= 4 is 29.3 Å². The highest BCUT2D eigenvalue weighted by Gasteiger charge is 2.17. The van der Waals surface area contributed by atoms with Gasteiger partial charge in [0.25, 0.3) is 0 Å². The Morgan fingerprint density at radius 1 is 1.11 bits per heavy atom. The van der Waals surface area contributed by atoms with E-state index in [4.69, 9.17) is 11.6 Å². The predicted octanol–water partition coefficient (Wildman–Crippen LogP) is 4.82. The topological polar surface area (TPSA) is 59.8 Å².